The van der Waals surface area contributed by atoms with Crippen LogP contribution in [0.4, 0.5) is 4.39 Å². The molecule has 0 radical (unpaired) electrons. The van der Waals surface area contributed by atoms with Gasteiger partial charge in [0.05, 0.1) is 4.90 Å². The van der Waals surface area contributed by atoms with E-state index in [1.807, 2.05) is 24.3 Å². The maximum absolute atomic E-state index is 13.4. The van der Waals surface area contributed by atoms with Gasteiger partial charge in [0, 0.05) is 6.26 Å². The number of hydrogen-bond donors (Lipinski definition) is 0. The summed E-state index contributed by atoms with van der Waals surface area (Å²) in [5, 5.41) is 0. The Labute approximate surface area is 161 Å². The van der Waals surface area contributed by atoms with E-state index in [0.29, 0.717) is 10.3 Å². The summed E-state index contributed by atoms with van der Waals surface area (Å²) in [4.78, 5) is 0.348. The van der Waals surface area contributed by atoms with Crippen LogP contribution in [0, 0.1) is 11.2 Å². The van der Waals surface area contributed by atoms with E-state index in [0.717, 1.165) is 24.0 Å². The van der Waals surface area contributed by atoms with E-state index >= 15 is 0 Å². The summed E-state index contributed by atoms with van der Waals surface area (Å²) in [5.41, 5.74) is 5.07. The lowest BCUT2D eigenvalue weighted by atomic mass is 9.71. The third kappa shape index (κ3) is 3.73. The molecule has 0 amide bonds. The number of allylic oxidation sites excluding steroid dienone is 2. The molecule has 0 aromatic heterocycles. The number of benzene rings is 2. The molecule has 2 aliphatic rings. The van der Waals surface area contributed by atoms with Crippen molar-refractivity contribution in [3.63, 3.8) is 0 Å². The SMILES string of the molecule is CS(=O)(=O)c1ccc(C2=C(c3ccc(F)cc3)CC3(CCCCC3)C2)cc1. The second-order valence-electron chi connectivity index (χ2n) is 8.17. The Morgan fingerprint density at radius 3 is 1.74 bits per heavy atom. The summed E-state index contributed by atoms with van der Waals surface area (Å²) in [7, 11) is -3.20. The average Bonchev–Trinajstić information content (AvgIpc) is 3.01. The fourth-order valence-electron chi connectivity index (χ4n) is 4.79. The Kier molecular flexibility index (Phi) is 4.71. The largest absolute Gasteiger partial charge is 0.224 e. The molecule has 0 unspecified atom stereocenters. The fraction of sp³-hybridized carbons (Fsp3) is 0.391. The normalized spacial score (nSPS) is 19.6. The highest BCUT2D eigenvalue weighted by Crippen LogP contribution is 2.56. The Hall–Kier alpha value is -1.94. The van der Waals surface area contributed by atoms with Crippen molar-refractivity contribution >= 4 is 21.0 Å². The predicted octanol–water partition coefficient (Wildman–Crippen LogP) is 5.88. The molecule has 1 spiro atoms. The molecule has 4 heteroatoms. The second-order valence-corrected chi connectivity index (χ2v) is 10.2. The molecule has 2 aliphatic carbocycles. The van der Waals surface area contributed by atoms with Gasteiger partial charge in [-0.2, -0.15) is 0 Å². The van der Waals surface area contributed by atoms with Crippen LogP contribution >= 0.6 is 0 Å². The van der Waals surface area contributed by atoms with Crippen LogP contribution < -0.4 is 0 Å². The molecule has 2 aromatic carbocycles. The minimum absolute atomic E-state index is 0.219. The summed E-state index contributed by atoms with van der Waals surface area (Å²) in [5.74, 6) is -0.219. The van der Waals surface area contributed by atoms with Crippen molar-refractivity contribution in [2.24, 2.45) is 5.41 Å². The molecular formula is C23H25FO2S. The van der Waals surface area contributed by atoms with Crippen LogP contribution in [0.3, 0.4) is 0 Å². The van der Waals surface area contributed by atoms with Gasteiger partial charge >= 0.3 is 0 Å². The molecule has 0 N–H and O–H groups in total. The van der Waals surface area contributed by atoms with E-state index in [9.17, 15) is 12.8 Å². The van der Waals surface area contributed by atoms with Crippen LogP contribution in [-0.4, -0.2) is 14.7 Å². The number of hydrogen-bond acceptors (Lipinski definition) is 2. The van der Waals surface area contributed by atoms with Crippen molar-refractivity contribution in [2.45, 2.75) is 49.8 Å². The molecule has 0 saturated heterocycles. The summed E-state index contributed by atoms with van der Waals surface area (Å²) >= 11 is 0. The molecule has 0 aliphatic heterocycles. The van der Waals surface area contributed by atoms with Gasteiger partial charge in [0.1, 0.15) is 5.82 Å². The molecule has 1 fully saturated rings. The van der Waals surface area contributed by atoms with Gasteiger partial charge in [-0.15, -0.1) is 0 Å². The molecule has 142 valence electrons. The van der Waals surface area contributed by atoms with Crippen molar-refractivity contribution in [1.29, 1.82) is 0 Å². The molecule has 4 rings (SSSR count). The van der Waals surface area contributed by atoms with Gasteiger partial charge in [0.15, 0.2) is 9.84 Å². The zero-order valence-corrected chi connectivity index (χ0v) is 16.5. The summed E-state index contributed by atoms with van der Waals surface area (Å²) in [6.45, 7) is 0. The number of halogens is 1. The number of sulfone groups is 1. The Morgan fingerprint density at radius 1 is 0.778 bits per heavy atom. The van der Waals surface area contributed by atoms with Gasteiger partial charge in [-0.25, -0.2) is 12.8 Å². The van der Waals surface area contributed by atoms with Crippen molar-refractivity contribution in [2.75, 3.05) is 6.26 Å². The third-order valence-electron chi connectivity index (χ3n) is 6.21. The van der Waals surface area contributed by atoms with Crippen LogP contribution in [0.2, 0.25) is 0 Å². The van der Waals surface area contributed by atoms with Gasteiger partial charge in [0.25, 0.3) is 0 Å². The van der Waals surface area contributed by atoms with Crippen molar-refractivity contribution in [1.82, 2.24) is 0 Å². The fourth-order valence-corrected chi connectivity index (χ4v) is 5.42. The molecule has 27 heavy (non-hydrogen) atoms. The maximum atomic E-state index is 13.4. The van der Waals surface area contributed by atoms with E-state index in [1.165, 1.54) is 61.6 Å². The van der Waals surface area contributed by atoms with E-state index in [2.05, 4.69) is 0 Å². The lowest BCUT2D eigenvalue weighted by Crippen LogP contribution is -2.21. The topological polar surface area (TPSA) is 34.1 Å². The second kappa shape index (κ2) is 6.90. The van der Waals surface area contributed by atoms with E-state index in [4.69, 9.17) is 0 Å². The highest BCUT2D eigenvalue weighted by molar-refractivity contribution is 7.90. The van der Waals surface area contributed by atoms with Gasteiger partial charge in [0.2, 0.25) is 0 Å². The first-order chi connectivity index (χ1) is 12.9. The minimum atomic E-state index is -3.20. The first kappa shape index (κ1) is 18.4. The zero-order chi connectivity index (χ0) is 19.1. The van der Waals surface area contributed by atoms with Gasteiger partial charge in [-0.3, -0.25) is 0 Å². The monoisotopic (exact) mass is 384 g/mol. The van der Waals surface area contributed by atoms with Crippen molar-refractivity contribution in [3.8, 4) is 0 Å². The van der Waals surface area contributed by atoms with E-state index < -0.39 is 9.84 Å². The first-order valence-electron chi connectivity index (χ1n) is 9.65. The van der Waals surface area contributed by atoms with Gasteiger partial charge in [-0.1, -0.05) is 43.5 Å². The molecule has 0 atom stereocenters. The zero-order valence-electron chi connectivity index (χ0n) is 15.7. The van der Waals surface area contributed by atoms with Crippen LogP contribution in [0.5, 0.6) is 0 Å². The van der Waals surface area contributed by atoms with Crippen molar-refractivity contribution < 1.29 is 12.8 Å². The summed E-state index contributed by atoms with van der Waals surface area (Å²) in [6.07, 6.45) is 9.63. The lowest BCUT2D eigenvalue weighted by Gasteiger charge is -2.34. The van der Waals surface area contributed by atoms with Gasteiger partial charge in [-0.05, 0) is 77.6 Å². The minimum Gasteiger partial charge on any atom is -0.224 e. The maximum Gasteiger partial charge on any atom is 0.175 e. The average molecular weight is 385 g/mol. The first-order valence-corrected chi connectivity index (χ1v) is 11.5. The molecular weight excluding hydrogens is 359 g/mol. The van der Waals surface area contributed by atoms with E-state index in [1.54, 1.807) is 12.1 Å². The quantitative estimate of drug-likeness (QED) is 0.662. The highest BCUT2D eigenvalue weighted by Gasteiger charge is 2.40. The number of rotatable bonds is 3. The lowest BCUT2D eigenvalue weighted by molar-refractivity contribution is 0.210. The molecule has 1 saturated carbocycles. The summed E-state index contributed by atoms with van der Waals surface area (Å²) < 4.78 is 37.0. The highest BCUT2D eigenvalue weighted by atomic mass is 32.2. The molecule has 0 bridgehead atoms. The van der Waals surface area contributed by atoms with Crippen LogP contribution in [-0.2, 0) is 9.84 Å². The molecule has 2 nitrogen and oxygen atoms in total. The molecule has 0 heterocycles. The molecule has 2 aromatic rings. The Bertz CT molecular complexity index is 964. The van der Waals surface area contributed by atoms with Crippen LogP contribution in [0.25, 0.3) is 11.1 Å². The predicted molar refractivity (Wildman–Crippen MR) is 108 cm³/mol. The van der Waals surface area contributed by atoms with Gasteiger partial charge < -0.3 is 0 Å². The Balaban J connectivity index is 1.76. The van der Waals surface area contributed by atoms with Crippen molar-refractivity contribution in [3.05, 3.63) is 65.5 Å². The summed E-state index contributed by atoms with van der Waals surface area (Å²) in [6, 6.07) is 14.1. The standard InChI is InChI=1S/C23H25FO2S/c1-27(25,26)20-11-7-18(8-12-20)22-16-23(13-3-2-4-14-23)15-21(22)17-5-9-19(24)10-6-17/h5-12H,2-4,13-16H2,1H3. The smallest absolute Gasteiger partial charge is 0.175 e. The van der Waals surface area contributed by atoms with Crippen LogP contribution in [0.15, 0.2) is 53.4 Å². The van der Waals surface area contributed by atoms with Crippen LogP contribution in [0.1, 0.15) is 56.1 Å². The third-order valence-corrected chi connectivity index (χ3v) is 7.33. The van der Waals surface area contributed by atoms with E-state index in [-0.39, 0.29) is 5.82 Å². The Morgan fingerprint density at radius 2 is 1.26 bits per heavy atom.